The SMILES string of the molecule is C=C/C=C\c1c(C)c(-c2ccccc2)c2ccccc2c1-c1ccc(-n2c3ccccc3c3cc(-c4cc(C5=CCCC6=C5CCCC6)cc5c4sc4ccc(-c6cccc7c6CCCC7)cc45)ccc32)cc1. The topological polar surface area (TPSA) is 4.93 Å². The van der Waals surface area contributed by atoms with Crippen LogP contribution in [0.3, 0.4) is 0 Å². The van der Waals surface area contributed by atoms with Gasteiger partial charge in [0.2, 0.25) is 0 Å². The van der Waals surface area contributed by atoms with Crippen molar-refractivity contribution in [2.75, 3.05) is 0 Å². The molecule has 0 N–H and O–H groups in total. The van der Waals surface area contributed by atoms with E-state index >= 15 is 0 Å². The van der Waals surface area contributed by atoms with Crippen LogP contribution in [0.25, 0.3) is 115 Å². The van der Waals surface area contributed by atoms with Crippen LogP contribution < -0.4 is 0 Å². The van der Waals surface area contributed by atoms with Crippen LogP contribution in [-0.4, -0.2) is 4.57 Å². The summed E-state index contributed by atoms with van der Waals surface area (Å²) in [5.41, 5.74) is 25.7. The third-order valence-corrected chi connectivity index (χ3v) is 17.9. The molecule has 11 aromatic rings. The molecule has 0 saturated heterocycles. The molecule has 0 unspecified atom stereocenters. The molecule has 73 heavy (non-hydrogen) atoms. The minimum atomic E-state index is 1.13. The Hall–Kier alpha value is -7.78. The maximum Gasteiger partial charge on any atom is 0.0541 e. The Labute approximate surface area is 432 Å². The van der Waals surface area contributed by atoms with Crippen molar-refractivity contribution in [3.05, 3.63) is 234 Å². The van der Waals surface area contributed by atoms with E-state index in [0.29, 0.717) is 0 Å². The highest BCUT2D eigenvalue weighted by molar-refractivity contribution is 7.26. The average molecular weight is 956 g/mol. The van der Waals surface area contributed by atoms with Crippen molar-refractivity contribution in [2.24, 2.45) is 0 Å². The van der Waals surface area contributed by atoms with E-state index < -0.39 is 0 Å². The third kappa shape index (κ3) is 7.33. The molecule has 2 heteroatoms. The molecule has 0 fully saturated rings. The van der Waals surface area contributed by atoms with Crippen LogP contribution >= 0.6 is 11.3 Å². The van der Waals surface area contributed by atoms with E-state index in [1.54, 1.807) is 16.7 Å². The highest BCUT2D eigenvalue weighted by atomic mass is 32.1. The molecule has 0 bridgehead atoms. The van der Waals surface area contributed by atoms with Crippen molar-refractivity contribution >= 4 is 75.7 Å². The highest BCUT2D eigenvalue weighted by Crippen LogP contribution is 2.49. The number of allylic oxidation sites excluding steroid dienone is 6. The lowest BCUT2D eigenvalue weighted by molar-refractivity contribution is 0.654. The Balaban J connectivity index is 0.926. The molecule has 0 spiro atoms. The van der Waals surface area contributed by atoms with Crippen LogP contribution in [0.4, 0.5) is 0 Å². The normalized spacial score (nSPS) is 14.9. The minimum Gasteiger partial charge on any atom is -0.309 e. The molecule has 14 rings (SSSR count). The molecule has 0 atom stereocenters. The molecular formula is C71H57NS. The van der Waals surface area contributed by atoms with Crippen molar-refractivity contribution < 1.29 is 0 Å². The first kappa shape index (κ1) is 44.0. The van der Waals surface area contributed by atoms with Crippen LogP contribution in [0.2, 0.25) is 0 Å². The number of benzene rings is 9. The molecule has 0 aliphatic heterocycles. The molecule has 0 radical (unpaired) electrons. The van der Waals surface area contributed by atoms with Crippen LogP contribution in [0, 0.1) is 6.92 Å². The second-order valence-corrected chi connectivity index (χ2v) is 21.8. The van der Waals surface area contributed by atoms with Gasteiger partial charge in [-0.15, -0.1) is 11.3 Å². The monoisotopic (exact) mass is 955 g/mol. The third-order valence-electron chi connectivity index (χ3n) is 16.7. The van der Waals surface area contributed by atoms with E-state index in [-0.39, 0.29) is 0 Å². The summed E-state index contributed by atoms with van der Waals surface area (Å²) in [6.45, 7) is 6.32. The summed E-state index contributed by atoms with van der Waals surface area (Å²) in [4.78, 5) is 0. The zero-order chi connectivity index (χ0) is 48.6. The van der Waals surface area contributed by atoms with Gasteiger partial charge in [-0.05, 0) is 214 Å². The van der Waals surface area contributed by atoms with Crippen molar-refractivity contribution in [3.8, 4) is 50.2 Å². The van der Waals surface area contributed by atoms with Gasteiger partial charge in [-0.1, -0.05) is 152 Å². The summed E-state index contributed by atoms with van der Waals surface area (Å²) in [6, 6.07) is 64.7. The average Bonchev–Trinajstić information content (AvgIpc) is 3.99. The van der Waals surface area contributed by atoms with Crippen molar-refractivity contribution in [1.82, 2.24) is 4.57 Å². The van der Waals surface area contributed by atoms with E-state index in [1.165, 1.54) is 183 Å². The van der Waals surface area contributed by atoms with E-state index in [2.05, 4.69) is 206 Å². The van der Waals surface area contributed by atoms with Gasteiger partial charge in [0, 0.05) is 42.2 Å². The standard InChI is InChI=1S/C71H57NS/c1-3-4-24-54-45(2)69(48-20-6-5-7-21-48)60-28-12-13-29-61(60)70(54)49-33-37-53(38-34-49)72-66-32-15-14-27-59(66)63-41-51(35-39-67(63)72)62-43-52(58-31-17-23-47-19-9-11-26-56(47)58)44-65-64-42-50(36-40-68(64)73-71(62)65)57-30-16-22-46-18-8-10-25-55(46)57/h3-7,12-16,20-22,24,27-44H,1,8-11,17-19,23,25-26H2,2H3/b24-4-. The Bertz CT molecular complexity index is 4150. The van der Waals surface area contributed by atoms with Crippen molar-refractivity contribution in [3.63, 3.8) is 0 Å². The Morgan fingerprint density at radius 3 is 2.05 bits per heavy atom. The second-order valence-electron chi connectivity index (χ2n) is 20.7. The maximum atomic E-state index is 4.05. The fourth-order valence-electron chi connectivity index (χ4n) is 13.3. The first-order valence-corrected chi connectivity index (χ1v) is 27.5. The van der Waals surface area contributed by atoms with Crippen LogP contribution in [0.5, 0.6) is 0 Å². The largest absolute Gasteiger partial charge is 0.309 e. The van der Waals surface area contributed by atoms with Crippen LogP contribution in [0.15, 0.2) is 206 Å². The molecule has 352 valence electrons. The van der Waals surface area contributed by atoms with Gasteiger partial charge in [0.15, 0.2) is 0 Å². The highest BCUT2D eigenvalue weighted by Gasteiger charge is 2.25. The van der Waals surface area contributed by atoms with Gasteiger partial charge >= 0.3 is 0 Å². The summed E-state index contributed by atoms with van der Waals surface area (Å²) >= 11 is 1.96. The number of aromatic nitrogens is 1. The minimum absolute atomic E-state index is 1.13. The summed E-state index contributed by atoms with van der Waals surface area (Å²) in [7, 11) is 0. The molecule has 2 heterocycles. The van der Waals surface area contributed by atoms with Gasteiger partial charge < -0.3 is 4.57 Å². The Kier molecular flexibility index (Phi) is 10.9. The van der Waals surface area contributed by atoms with E-state index in [4.69, 9.17) is 0 Å². The first-order valence-electron chi connectivity index (χ1n) is 26.7. The molecule has 3 aliphatic carbocycles. The molecule has 0 amide bonds. The number of thiophene rings is 1. The molecule has 1 nitrogen and oxygen atoms in total. The molecular weight excluding hydrogens is 899 g/mol. The second kappa shape index (κ2) is 18.1. The Morgan fingerprint density at radius 2 is 1.19 bits per heavy atom. The lowest BCUT2D eigenvalue weighted by atomic mass is 9.78. The van der Waals surface area contributed by atoms with Crippen LogP contribution in [-0.2, 0) is 12.8 Å². The predicted molar refractivity (Wildman–Crippen MR) is 316 cm³/mol. The fraction of sp³-hybridized carbons (Fsp3) is 0.155. The summed E-state index contributed by atoms with van der Waals surface area (Å²) in [6.07, 6.45) is 21.1. The maximum absolute atomic E-state index is 4.05. The number of hydrogen-bond acceptors (Lipinski definition) is 1. The van der Waals surface area contributed by atoms with Gasteiger partial charge in [0.05, 0.1) is 11.0 Å². The number of para-hydroxylation sites is 1. The fourth-order valence-corrected chi connectivity index (χ4v) is 14.5. The van der Waals surface area contributed by atoms with E-state index in [0.717, 1.165) is 12.1 Å². The number of nitrogens with zero attached hydrogens (tertiary/aromatic N) is 1. The zero-order valence-corrected chi connectivity index (χ0v) is 42.4. The van der Waals surface area contributed by atoms with Crippen molar-refractivity contribution in [1.29, 1.82) is 0 Å². The number of fused-ring (bicyclic) bond motifs is 8. The summed E-state index contributed by atoms with van der Waals surface area (Å²) < 4.78 is 5.20. The molecule has 0 saturated carbocycles. The van der Waals surface area contributed by atoms with Gasteiger partial charge in [0.25, 0.3) is 0 Å². The summed E-state index contributed by atoms with van der Waals surface area (Å²) in [5, 5.41) is 7.81. The first-order chi connectivity index (χ1) is 36.1. The number of rotatable bonds is 8. The molecule has 9 aromatic carbocycles. The smallest absolute Gasteiger partial charge is 0.0541 e. The van der Waals surface area contributed by atoms with Gasteiger partial charge in [-0.3, -0.25) is 0 Å². The molecule has 2 aromatic heterocycles. The Morgan fingerprint density at radius 1 is 0.507 bits per heavy atom. The van der Waals surface area contributed by atoms with Crippen LogP contribution in [0.1, 0.15) is 79.2 Å². The predicted octanol–water partition coefficient (Wildman–Crippen LogP) is 20.4. The number of hydrogen-bond donors (Lipinski definition) is 0. The van der Waals surface area contributed by atoms with E-state index in [1.807, 2.05) is 17.4 Å². The quantitative estimate of drug-likeness (QED) is 0.134. The van der Waals surface area contributed by atoms with Gasteiger partial charge in [-0.2, -0.15) is 0 Å². The van der Waals surface area contributed by atoms with Gasteiger partial charge in [-0.25, -0.2) is 0 Å². The number of aryl methyl sites for hydroxylation is 1. The lowest BCUT2D eigenvalue weighted by Gasteiger charge is -2.27. The van der Waals surface area contributed by atoms with E-state index in [9.17, 15) is 0 Å². The molecule has 3 aliphatic rings. The van der Waals surface area contributed by atoms with Gasteiger partial charge in [0.1, 0.15) is 0 Å². The van der Waals surface area contributed by atoms with Crippen molar-refractivity contribution in [2.45, 2.75) is 71.1 Å². The lowest BCUT2D eigenvalue weighted by Crippen LogP contribution is -2.06. The summed E-state index contributed by atoms with van der Waals surface area (Å²) in [5.74, 6) is 0. The zero-order valence-electron chi connectivity index (χ0n) is 41.6.